The average molecular weight is 894 g/mol. The van der Waals surface area contributed by atoms with E-state index in [1.54, 1.807) is 41.7 Å². The first-order valence-corrected chi connectivity index (χ1v) is 20.5. The van der Waals surface area contributed by atoms with E-state index in [0.29, 0.717) is 25.8 Å². The van der Waals surface area contributed by atoms with Gasteiger partial charge < -0.3 is 46.5 Å². The molecule has 7 N–H and O–H groups in total. The number of benzene rings is 3. The molecule has 0 unspecified atom stereocenters. The van der Waals surface area contributed by atoms with Crippen molar-refractivity contribution in [3.8, 4) is 11.1 Å². The number of guanidine groups is 1. The quantitative estimate of drug-likeness (QED) is 0.0234. The van der Waals surface area contributed by atoms with E-state index in [2.05, 4.69) is 31.6 Å². The number of ether oxygens (including phenoxy) is 3. The summed E-state index contributed by atoms with van der Waals surface area (Å²) in [6.45, 7) is 9.55. The Hall–Kier alpha value is -5.77. The lowest BCUT2D eigenvalue weighted by atomic mass is 9.98. The number of nitrogens with one attached hydrogen (secondary N) is 5. The van der Waals surface area contributed by atoms with Gasteiger partial charge >= 0.3 is 18.2 Å². The van der Waals surface area contributed by atoms with Gasteiger partial charge in [0.25, 0.3) is 0 Å². The molecule has 3 aromatic rings. The molecule has 0 fully saturated rings. The van der Waals surface area contributed by atoms with E-state index in [9.17, 15) is 24.0 Å². The highest BCUT2D eigenvalue weighted by Crippen LogP contribution is 2.44. The molecule has 348 valence electrons. The largest absolute Gasteiger partial charge is 0.459 e. The van der Waals surface area contributed by atoms with Crippen molar-refractivity contribution < 1.29 is 38.2 Å². The molecule has 1 aliphatic rings. The number of carbonyl (C=O) groups is 5. The summed E-state index contributed by atoms with van der Waals surface area (Å²) in [7, 11) is 1.54. The van der Waals surface area contributed by atoms with Crippen molar-refractivity contribution in [3.05, 3.63) is 95.6 Å². The van der Waals surface area contributed by atoms with Crippen molar-refractivity contribution in [3.63, 3.8) is 0 Å². The molecule has 0 aliphatic heterocycles. The minimum atomic E-state index is -1.12. The van der Waals surface area contributed by atoms with Crippen LogP contribution in [0.5, 0.6) is 0 Å². The first-order chi connectivity index (χ1) is 28.7. The number of unbranched alkanes of at least 4 members (excludes halogenated alkanes) is 1. The monoisotopic (exact) mass is 894 g/mol. The van der Waals surface area contributed by atoms with Gasteiger partial charge in [0.15, 0.2) is 5.96 Å². The van der Waals surface area contributed by atoms with Crippen molar-refractivity contribution >= 4 is 49.4 Å². The number of rotatable bonds is 20. The van der Waals surface area contributed by atoms with Crippen LogP contribution >= 0.6 is 13.5 Å². The van der Waals surface area contributed by atoms with E-state index in [4.69, 9.17) is 19.9 Å². The van der Waals surface area contributed by atoms with Crippen molar-refractivity contribution in [2.24, 2.45) is 16.6 Å². The molecule has 3 aromatic carbocycles. The lowest BCUT2D eigenvalue weighted by Gasteiger charge is -2.26. The Morgan fingerprint density at radius 2 is 1.24 bits per heavy atom. The predicted molar refractivity (Wildman–Crippen MR) is 254 cm³/mol. The Bertz CT molecular complexity index is 1890. The van der Waals surface area contributed by atoms with E-state index < -0.39 is 53.7 Å². The number of hydrogen-bond donors (Lipinski definition) is 6. The van der Waals surface area contributed by atoms with Crippen LogP contribution in [0.3, 0.4) is 0 Å². The summed E-state index contributed by atoms with van der Waals surface area (Å²) in [5.41, 5.74) is 10.2. The Morgan fingerprint density at radius 1 is 0.698 bits per heavy atom. The van der Waals surface area contributed by atoms with Crippen LogP contribution in [-0.4, -0.2) is 86.4 Å². The maximum Gasteiger partial charge on any atom is 0.407 e. The van der Waals surface area contributed by atoms with E-state index in [1.165, 1.54) is 0 Å². The van der Waals surface area contributed by atoms with Gasteiger partial charge in [-0.15, -0.1) is 0 Å². The number of nitrogens with two attached hydrogens (primary N) is 1. The van der Waals surface area contributed by atoms with Crippen LogP contribution in [0, 0.1) is 5.92 Å². The molecule has 0 saturated carbocycles. The number of amides is 4. The molecule has 0 radical (unpaired) electrons. The summed E-state index contributed by atoms with van der Waals surface area (Å²) in [6, 6.07) is 21.9. The second-order valence-electron chi connectivity index (χ2n) is 16.0. The number of carbonyl (C=O) groups excluding carboxylic acids is 5. The molecular weight excluding hydrogens is 823 g/mol. The van der Waals surface area contributed by atoms with Gasteiger partial charge in [-0.3, -0.25) is 14.6 Å². The molecule has 3 atom stereocenters. The molecule has 4 amide bonds. The SMILES string of the molecule is C.C.CN=C(N)NCCC[C@@H](NC(=O)[C@@H](CCCCNC(=O)OC(C)(C)C)NC(=O)OCC1c2ccccc2-c2ccccc21)C(=O)N[C@H](C(=O)OCc1ccccc1)C(C)C.S. The number of esters is 1. The van der Waals surface area contributed by atoms with Crippen molar-refractivity contribution in [2.75, 3.05) is 26.7 Å². The van der Waals surface area contributed by atoms with Gasteiger partial charge in [-0.05, 0) is 86.6 Å². The first kappa shape index (κ1) is 55.2. The maximum atomic E-state index is 14.1. The van der Waals surface area contributed by atoms with Crippen LogP contribution < -0.4 is 32.3 Å². The third kappa shape index (κ3) is 17.9. The number of fused-ring (bicyclic) bond motifs is 3. The summed E-state index contributed by atoms with van der Waals surface area (Å²) in [5.74, 6) is -2.16. The summed E-state index contributed by atoms with van der Waals surface area (Å²) < 4.78 is 16.7. The molecule has 15 nitrogen and oxygen atoms in total. The van der Waals surface area contributed by atoms with Gasteiger partial charge in [-0.25, -0.2) is 14.4 Å². The van der Waals surface area contributed by atoms with Gasteiger partial charge in [0.05, 0.1) is 0 Å². The highest BCUT2D eigenvalue weighted by atomic mass is 32.1. The van der Waals surface area contributed by atoms with Crippen molar-refractivity contribution in [1.82, 2.24) is 26.6 Å². The van der Waals surface area contributed by atoms with Gasteiger partial charge in [0, 0.05) is 26.1 Å². The lowest BCUT2D eigenvalue weighted by Crippen LogP contribution is -2.56. The zero-order valence-electron chi connectivity index (χ0n) is 36.0. The Labute approximate surface area is 380 Å². The second-order valence-corrected chi connectivity index (χ2v) is 16.0. The van der Waals surface area contributed by atoms with Crippen molar-refractivity contribution in [2.45, 2.75) is 118 Å². The van der Waals surface area contributed by atoms with Gasteiger partial charge in [0.1, 0.15) is 36.9 Å². The van der Waals surface area contributed by atoms with E-state index in [-0.39, 0.29) is 78.7 Å². The molecule has 1 aliphatic carbocycles. The zero-order chi connectivity index (χ0) is 43.7. The van der Waals surface area contributed by atoms with E-state index in [1.807, 2.05) is 78.9 Å². The van der Waals surface area contributed by atoms with E-state index >= 15 is 0 Å². The minimum absolute atomic E-state index is 0. The van der Waals surface area contributed by atoms with Gasteiger partial charge in [-0.1, -0.05) is 108 Å². The first-order valence-electron chi connectivity index (χ1n) is 20.5. The van der Waals surface area contributed by atoms with Crippen LogP contribution in [0.2, 0.25) is 0 Å². The van der Waals surface area contributed by atoms with E-state index in [0.717, 1.165) is 27.8 Å². The molecular formula is C47H71N7O8S. The highest BCUT2D eigenvalue weighted by molar-refractivity contribution is 7.59. The normalized spacial score (nSPS) is 13.2. The summed E-state index contributed by atoms with van der Waals surface area (Å²) >= 11 is 0. The second kappa shape index (κ2) is 27.3. The number of nitrogens with zero attached hydrogens (tertiary/aromatic N) is 1. The minimum Gasteiger partial charge on any atom is -0.459 e. The summed E-state index contributed by atoms with van der Waals surface area (Å²) in [6.07, 6.45) is 0.218. The number of alkyl carbamates (subject to hydrolysis) is 2. The molecule has 4 rings (SSSR count). The summed E-state index contributed by atoms with van der Waals surface area (Å²) in [5, 5.41) is 14.0. The fourth-order valence-corrected chi connectivity index (χ4v) is 6.74. The molecule has 63 heavy (non-hydrogen) atoms. The number of aliphatic imine (C=N–C) groups is 1. The number of hydrogen-bond acceptors (Lipinski definition) is 9. The third-order valence-corrected chi connectivity index (χ3v) is 9.83. The molecule has 0 bridgehead atoms. The van der Waals surface area contributed by atoms with Crippen LogP contribution in [0.15, 0.2) is 83.9 Å². The fourth-order valence-electron chi connectivity index (χ4n) is 6.74. The highest BCUT2D eigenvalue weighted by Gasteiger charge is 2.33. The topological polar surface area (TPSA) is 212 Å². The van der Waals surface area contributed by atoms with Crippen LogP contribution in [0.25, 0.3) is 11.1 Å². The Balaban J connectivity index is 0.00000661. The predicted octanol–water partition coefficient (Wildman–Crippen LogP) is 6.66. The molecule has 16 heteroatoms. The average Bonchev–Trinajstić information content (AvgIpc) is 3.54. The van der Waals surface area contributed by atoms with Crippen molar-refractivity contribution in [1.29, 1.82) is 0 Å². The lowest BCUT2D eigenvalue weighted by molar-refractivity contribution is -0.150. The Kier molecular flexibility index (Phi) is 24.0. The maximum absolute atomic E-state index is 14.1. The van der Waals surface area contributed by atoms with Crippen LogP contribution in [0.1, 0.15) is 104 Å². The van der Waals surface area contributed by atoms with Gasteiger partial charge in [-0.2, -0.15) is 13.5 Å². The molecule has 0 heterocycles. The van der Waals surface area contributed by atoms with Crippen LogP contribution in [-0.2, 0) is 35.2 Å². The smallest absolute Gasteiger partial charge is 0.407 e. The molecule has 0 aromatic heterocycles. The Morgan fingerprint density at radius 3 is 1.83 bits per heavy atom. The summed E-state index contributed by atoms with van der Waals surface area (Å²) in [4.78, 5) is 70.9. The molecule has 0 spiro atoms. The zero-order valence-corrected chi connectivity index (χ0v) is 37.0. The van der Waals surface area contributed by atoms with Crippen LogP contribution in [0.4, 0.5) is 9.59 Å². The molecule has 0 saturated heterocycles. The van der Waals surface area contributed by atoms with Gasteiger partial charge in [0.2, 0.25) is 11.8 Å². The standard InChI is InChI=1S/C45H61N7O8.2CH4.H2S/c1-29(2)38(41(55)58-27-30-17-8-7-9-18-30)52-40(54)36(24-16-26-48-42(46)47-6)50-39(53)37(23-14-15-25-49-43(56)60-45(3,4)5)51-44(57)59-28-35-33-21-12-10-19-31(33)32-20-11-13-22-34(32)35;;;/h7-13,17-22,29,35-38H,14-16,23-28H2,1-6H3,(H,49,56)(H,50,53)(H,51,57)(H,52,54)(H3,46,47,48);2*1H4;1H2/t36-,37-,38+;;;/m1.../s1. The fraction of sp³-hybridized carbons (Fsp3) is 0.489. The third-order valence-electron chi connectivity index (χ3n) is 9.83.